The van der Waals surface area contributed by atoms with E-state index in [4.69, 9.17) is 23.2 Å². The van der Waals surface area contributed by atoms with E-state index in [0.717, 1.165) is 11.3 Å². The molecule has 0 atom stereocenters. The number of nitrogens with zero attached hydrogens (tertiary/aromatic N) is 2. The predicted octanol–water partition coefficient (Wildman–Crippen LogP) is 5.76. The Morgan fingerprint density at radius 3 is 2.42 bits per heavy atom. The molecule has 118 valence electrons. The van der Waals surface area contributed by atoms with Crippen LogP contribution in [-0.2, 0) is 0 Å². The number of aryl methyl sites for hydroxylation is 1. The van der Waals surface area contributed by atoms with Crippen LogP contribution in [0.5, 0.6) is 0 Å². The second-order valence-corrected chi connectivity index (χ2v) is 6.15. The number of hydrogen-bond acceptors (Lipinski definition) is 2. The molecule has 5 heteroatoms. The van der Waals surface area contributed by atoms with Crippen molar-refractivity contribution in [2.75, 3.05) is 0 Å². The second-order valence-electron chi connectivity index (χ2n) is 5.34. The van der Waals surface area contributed by atoms with Gasteiger partial charge in [0.15, 0.2) is 0 Å². The molecule has 0 aliphatic carbocycles. The topological polar surface area (TPSA) is 52.5 Å². The monoisotopic (exact) mass is 353 g/mol. The highest BCUT2D eigenvalue weighted by molar-refractivity contribution is 6.37. The van der Waals surface area contributed by atoms with Crippen molar-refractivity contribution in [3.8, 4) is 17.3 Å². The van der Waals surface area contributed by atoms with Gasteiger partial charge in [-0.2, -0.15) is 10.4 Å². The first-order valence-electron chi connectivity index (χ1n) is 7.27. The Bertz CT molecular complexity index is 927. The molecular weight excluding hydrogens is 341 g/mol. The molecule has 0 aliphatic heterocycles. The smallest absolute Gasteiger partial charge is 0.101 e. The number of aromatic amines is 1. The number of H-pyrrole nitrogens is 1. The molecule has 1 heterocycles. The molecule has 0 unspecified atom stereocenters. The molecule has 2 aromatic carbocycles. The summed E-state index contributed by atoms with van der Waals surface area (Å²) in [5, 5.41) is 17.7. The van der Waals surface area contributed by atoms with Gasteiger partial charge in [0.1, 0.15) is 6.07 Å². The van der Waals surface area contributed by atoms with Gasteiger partial charge in [0.2, 0.25) is 0 Å². The molecule has 24 heavy (non-hydrogen) atoms. The molecule has 0 saturated carbocycles. The first-order chi connectivity index (χ1) is 11.6. The van der Waals surface area contributed by atoms with Gasteiger partial charge in [0.05, 0.1) is 17.0 Å². The predicted molar refractivity (Wildman–Crippen MR) is 98.7 cm³/mol. The van der Waals surface area contributed by atoms with Gasteiger partial charge in [-0.3, -0.25) is 5.10 Å². The van der Waals surface area contributed by atoms with E-state index in [1.165, 1.54) is 5.56 Å². The molecule has 1 N–H and O–H groups in total. The lowest BCUT2D eigenvalue weighted by atomic mass is 10.1. The van der Waals surface area contributed by atoms with Gasteiger partial charge in [0, 0.05) is 21.2 Å². The van der Waals surface area contributed by atoms with Gasteiger partial charge in [0.25, 0.3) is 0 Å². The highest BCUT2D eigenvalue weighted by Gasteiger charge is 2.10. The molecule has 0 radical (unpaired) electrons. The third-order valence-corrected chi connectivity index (χ3v) is 4.28. The second kappa shape index (κ2) is 6.92. The maximum Gasteiger partial charge on any atom is 0.101 e. The van der Waals surface area contributed by atoms with Crippen LogP contribution in [0.15, 0.2) is 48.5 Å². The van der Waals surface area contributed by atoms with Crippen LogP contribution in [0.3, 0.4) is 0 Å². The highest BCUT2D eigenvalue weighted by atomic mass is 35.5. The number of allylic oxidation sites excluding steroid dienone is 1. The summed E-state index contributed by atoms with van der Waals surface area (Å²) >= 11 is 12.3. The summed E-state index contributed by atoms with van der Waals surface area (Å²) in [4.78, 5) is 0. The number of nitrogens with one attached hydrogen (secondary N) is 1. The summed E-state index contributed by atoms with van der Waals surface area (Å²) in [6.45, 7) is 2.03. The fourth-order valence-electron chi connectivity index (χ4n) is 2.30. The minimum atomic E-state index is 0.413. The van der Waals surface area contributed by atoms with Crippen molar-refractivity contribution >= 4 is 34.9 Å². The first-order valence-corrected chi connectivity index (χ1v) is 8.02. The Kier molecular flexibility index (Phi) is 4.71. The molecule has 0 spiro atoms. The van der Waals surface area contributed by atoms with E-state index in [1.54, 1.807) is 24.3 Å². The van der Waals surface area contributed by atoms with E-state index in [0.29, 0.717) is 26.9 Å². The van der Waals surface area contributed by atoms with Gasteiger partial charge >= 0.3 is 0 Å². The van der Waals surface area contributed by atoms with Crippen molar-refractivity contribution < 1.29 is 0 Å². The third-order valence-electron chi connectivity index (χ3n) is 3.62. The van der Waals surface area contributed by atoms with Gasteiger partial charge in [-0.15, -0.1) is 0 Å². The van der Waals surface area contributed by atoms with Gasteiger partial charge in [-0.25, -0.2) is 0 Å². The molecular formula is C19H13Cl2N3. The summed E-state index contributed by atoms with van der Waals surface area (Å²) in [7, 11) is 0. The van der Waals surface area contributed by atoms with E-state index in [1.807, 2.05) is 37.3 Å². The van der Waals surface area contributed by atoms with Crippen molar-refractivity contribution in [1.82, 2.24) is 10.2 Å². The fourth-order valence-corrected chi connectivity index (χ4v) is 2.80. The van der Waals surface area contributed by atoms with Crippen LogP contribution < -0.4 is 0 Å². The third kappa shape index (κ3) is 3.35. The van der Waals surface area contributed by atoms with Gasteiger partial charge in [-0.1, -0.05) is 59.1 Å². The van der Waals surface area contributed by atoms with Crippen molar-refractivity contribution in [3.63, 3.8) is 0 Å². The van der Waals surface area contributed by atoms with Crippen molar-refractivity contribution in [2.24, 2.45) is 0 Å². The number of aromatic nitrogens is 2. The Morgan fingerprint density at radius 1 is 1.12 bits per heavy atom. The molecule has 0 fully saturated rings. The average molecular weight is 354 g/mol. The standard InChI is InChI=1S/C19H13Cl2N3/c1-12-5-7-13(8-6-12)18-10-19(24-23-18)14(11-22)9-15-16(20)3-2-4-17(15)21/h2-10H,1H3,(H,23,24). The molecule has 3 rings (SSSR count). The maximum absolute atomic E-state index is 9.49. The van der Waals surface area contributed by atoms with Crippen LogP contribution >= 0.6 is 23.2 Å². The van der Waals surface area contributed by atoms with E-state index in [2.05, 4.69) is 16.3 Å². The highest BCUT2D eigenvalue weighted by Crippen LogP contribution is 2.29. The van der Waals surface area contributed by atoms with E-state index in [-0.39, 0.29) is 0 Å². The number of rotatable bonds is 3. The summed E-state index contributed by atoms with van der Waals surface area (Å²) in [6.07, 6.45) is 1.66. The maximum atomic E-state index is 9.49. The van der Waals surface area contributed by atoms with Crippen LogP contribution in [0.25, 0.3) is 22.9 Å². The average Bonchev–Trinajstić information content (AvgIpc) is 3.05. The Hall–Kier alpha value is -2.54. The Balaban J connectivity index is 2.00. The van der Waals surface area contributed by atoms with E-state index < -0.39 is 0 Å². The summed E-state index contributed by atoms with van der Waals surface area (Å²) in [5.74, 6) is 0. The zero-order chi connectivity index (χ0) is 17.1. The zero-order valence-electron chi connectivity index (χ0n) is 12.8. The minimum absolute atomic E-state index is 0.413. The molecule has 0 saturated heterocycles. The first kappa shape index (κ1) is 16.3. The van der Waals surface area contributed by atoms with Crippen LogP contribution in [0.2, 0.25) is 10.0 Å². The van der Waals surface area contributed by atoms with Crippen LogP contribution in [0.1, 0.15) is 16.8 Å². The Morgan fingerprint density at radius 2 is 1.79 bits per heavy atom. The van der Waals surface area contributed by atoms with E-state index >= 15 is 0 Å². The van der Waals surface area contributed by atoms with Crippen molar-refractivity contribution in [3.05, 3.63) is 75.4 Å². The van der Waals surface area contributed by atoms with Crippen LogP contribution in [0, 0.1) is 18.3 Å². The minimum Gasteiger partial charge on any atom is -0.276 e. The van der Waals surface area contributed by atoms with Gasteiger partial charge < -0.3 is 0 Å². The number of halogens is 2. The lowest BCUT2D eigenvalue weighted by Crippen LogP contribution is -1.84. The lowest BCUT2D eigenvalue weighted by molar-refractivity contribution is 1.08. The largest absolute Gasteiger partial charge is 0.276 e. The lowest BCUT2D eigenvalue weighted by Gasteiger charge is -2.02. The molecule has 0 aliphatic rings. The quantitative estimate of drug-likeness (QED) is 0.608. The summed E-state index contributed by atoms with van der Waals surface area (Å²) < 4.78 is 0. The SMILES string of the molecule is Cc1ccc(-c2cc(C(C#N)=Cc3c(Cl)cccc3Cl)[nH]n2)cc1. The van der Waals surface area contributed by atoms with Crippen molar-refractivity contribution in [1.29, 1.82) is 5.26 Å². The van der Waals surface area contributed by atoms with Crippen molar-refractivity contribution in [2.45, 2.75) is 6.92 Å². The number of benzene rings is 2. The zero-order valence-corrected chi connectivity index (χ0v) is 14.4. The molecule has 3 aromatic rings. The van der Waals surface area contributed by atoms with Crippen LogP contribution in [0.4, 0.5) is 0 Å². The summed E-state index contributed by atoms with van der Waals surface area (Å²) in [5.41, 5.74) is 4.58. The molecule has 0 bridgehead atoms. The normalized spacial score (nSPS) is 11.3. The Labute approximate surface area is 150 Å². The number of nitriles is 1. The van der Waals surface area contributed by atoms with E-state index in [9.17, 15) is 5.26 Å². The van der Waals surface area contributed by atoms with Gasteiger partial charge in [-0.05, 0) is 31.2 Å². The fraction of sp³-hybridized carbons (Fsp3) is 0.0526. The molecule has 3 nitrogen and oxygen atoms in total. The number of hydrogen-bond donors (Lipinski definition) is 1. The summed E-state index contributed by atoms with van der Waals surface area (Å²) in [6, 6.07) is 17.3. The molecule has 1 aromatic heterocycles. The van der Waals surface area contributed by atoms with Crippen LogP contribution in [-0.4, -0.2) is 10.2 Å². The molecule has 0 amide bonds.